The molecule has 3 rings (SSSR count). The van der Waals surface area contributed by atoms with Gasteiger partial charge in [-0.15, -0.1) is 24.0 Å². The number of nitrogens with zero attached hydrogens (tertiary/aromatic N) is 2. The van der Waals surface area contributed by atoms with Crippen LogP contribution >= 0.6 is 24.0 Å². The van der Waals surface area contributed by atoms with Gasteiger partial charge in [-0.1, -0.05) is 35.9 Å². The van der Waals surface area contributed by atoms with Crippen LogP contribution < -0.4 is 9.51 Å². The molecule has 0 bridgehead atoms. The summed E-state index contributed by atoms with van der Waals surface area (Å²) >= 11 is 0. The lowest BCUT2D eigenvalue weighted by Gasteiger charge is -2.07. The van der Waals surface area contributed by atoms with Gasteiger partial charge in [0.2, 0.25) is 0 Å². The van der Waals surface area contributed by atoms with Gasteiger partial charge in [0.15, 0.2) is 5.69 Å². The molecule has 0 atom stereocenters. The van der Waals surface area contributed by atoms with E-state index in [9.17, 15) is 5.11 Å². The Morgan fingerprint density at radius 1 is 1.19 bits per heavy atom. The Morgan fingerprint density at radius 3 is 2.57 bits per heavy atom. The van der Waals surface area contributed by atoms with Gasteiger partial charge in [-0.25, -0.2) is 8.97 Å². The molecule has 108 valence electrons. The molecule has 1 aromatic carbocycles. The second kappa shape index (κ2) is 6.26. The maximum absolute atomic E-state index is 11.2. The number of hydrogen-bond acceptors (Lipinski definition) is 2. The van der Waals surface area contributed by atoms with Crippen LogP contribution in [-0.2, 0) is 6.54 Å². The summed E-state index contributed by atoms with van der Waals surface area (Å²) in [6.45, 7) is 2.10. The molecule has 0 amide bonds. The summed E-state index contributed by atoms with van der Waals surface area (Å²) in [6.07, 6.45) is 3.93. The topological polar surface area (TPSA) is 55.9 Å². The van der Waals surface area contributed by atoms with Gasteiger partial charge in [-0.3, -0.25) is 0 Å². The summed E-state index contributed by atoms with van der Waals surface area (Å²) in [5, 5.41) is 18.5. The van der Waals surface area contributed by atoms with Gasteiger partial charge in [0.25, 0.3) is 5.65 Å². The van der Waals surface area contributed by atoms with E-state index in [1.165, 1.54) is 5.56 Å². The molecule has 5 heteroatoms. The van der Waals surface area contributed by atoms with Crippen molar-refractivity contribution in [3.05, 3.63) is 60.4 Å². The molecule has 0 saturated carbocycles. The standard InChI is InChI=1S/C16H15N3O.HI/c1-12-5-7-13(8-6-12)14-10-18-9-3-2-4-16(18)19(14)11-15(17)20;/h2-10H,11H2,1H3,(H-,17,20);1H. The fraction of sp³-hybridized carbons (Fsp3) is 0.125. The second-order valence-corrected chi connectivity index (χ2v) is 4.86. The number of benzene rings is 1. The summed E-state index contributed by atoms with van der Waals surface area (Å²) in [5.74, 6) is -0.597. The SMILES string of the molecule is Cc1ccc(-c2c[n+]3ccccc3n2CC(=N)[O-])cc1.I. The number of imidazole rings is 1. The zero-order valence-electron chi connectivity index (χ0n) is 11.6. The summed E-state index contributed by atoms with van der Waals surface area (Å²) < 4.78 is 3.85. The monoisotopic (exact) mass is 393 g/mol. The number of pyridine rings is 1. The molecule has 0 spiro atoms. The van der Waals surface area contributed by atoms with Gasteiger partial charge in [-0.05, 0) is 18.9 Å². The highest BCUT2D eigenvalue weighted by molar-refractivity contribution is 14.0. The van der Waals surface area contributed by atoms with Gasteiger partial charge in [0, 0.05) is 11.6 Å². The lowest BCUT2D eigenvalue weighted by atomic mass is 10.1. The normalized spacial score (nSPS) is 10.3. The van der Waals surface area contributed by atoms with Crippen LogP contribution in [0.2, 0.25) is 0 Å². The van der Waals surface area contributed by atoms with Crippen molar-refractivity contribution < 1.29 is 9.51 Å². The molecule has 2 aromatic heterocycles. The first kappa shape index (κ1) is 15.5. The van der Waals surface area contributed by atoms with E-state index in [4.69, 9.17) is 5.41 Å². The van der Waals surface area contributed by atoms with E-state index in [-0.39, 0.29) is 30.5 Å². The van der Waals surface area contributed by atoms with Gasteiger partial charge in [-0.2, -0.15) is 0 Å². The summed E-state index contributed by atoms with van der Waals surface area (Å²) in [7, 11) is 0. The van der Waals surface area contributed by atoms with E-state index in [2.05, 4.69) is 0 Å². The van der Waals surface area contributed by atoms with Crippen LogP contribution in [0.1, 0.15) is 5.56 Å². The molecule has 0 radical (unpaired) electrons. The predicted octanol–water partition coefficient (Wildman–Crippen LogP) is 2.16. The van der Waals surface area contributed by atoms with Crippen molar-refractivity contribution in [2.45, 2.75) is 13.5 Å². The summed E-state index contributed by atoms with van der Waals surface area (Å²) in [5.41, 5.74) is 4.08. The third kappa shape index (κ3) is 3.07. The van der Waals surface area contributed by atoms with Crippen molar-refractivity contribution in [1.82, 2.24) is 4.57 Å². The average molecular weight is 393 g/mol. The number of aromatic nitrogens is 2. The molecule has 4 nitrogen and oxygen atoms in total. The molecular weight excluding hydrogens is 377 g/mol. The molecule has 21 heavy (non-hydrogen) atoms. The van der Waals surface area contributed by atoms with Crippen LogP contribution in [0.5, 0.6) is 0 Å². The van der Waals surface area contributed by atoms with Gasteiger partial charge in [0.1, 0.15) is 12.7 Å². The third-order valence-electron chi connectivity index (χ3n) is 3.35. The van der Waals surface area contributed by atoms with E-state index in [1.54, 1.807) is 0 Å². The molecule has 0 aliphatic rings. The third-order valence-corrected chi connectivity index (χ3v) is 3.35. The van der Waals surface area contributed by atoms with E-state index in [0.29, 0.717) is 0 Å². The van der Waals surface area contributed by atoms with Crippen molar-refractivity contribution in [1.29, 1.82) is 5.41 Å². The molecule has 1 N–H and O–H groups in total. The number of fused-ring (bicyclic) bond motifs is 1. The summed E-state index contributed by atoms with van der Waals surface area (Å²) in [4.78, 5) is 0. The number of aryl methyl sites for hydroxylation is 1. The van der Waals surface area contributed by atoms with Crippen molar-refractivity contribution >= 4 is 35.5 Å². The van der Waals surface area contributed by atoms with Crippen molar-refractivity contribution in [3.63, 3.8) is 0 Å². The highest BCUT2D eigenvalue weighted by Gasteiger charge is 2.17. The Bertz CT molecular complexity index is 778. The van der Waals surface area contributed by atoms with E-state index >= 15 is 0 Å². The zero-order valence-corrected chi connectivity index (χ0v) is 13.9. The lowest BCUT2D eigenvalue weighted by molar-refractivity contribution is -0.510. The average Bonchev–Trinajstić information content (AvgIpc) is 2.78. The molecule has 0 aliphatic carbocycles. The van der Waals surface area contributed by atoms with Crippen molar-refractivity contribution in [2.24, 2.45) is 0 Å². The number of hydrogen-bond donors (Lipinski definition) is 1. The minimum atomic E-state index is -0.597. The Kier molecular flexibility index (Phi) is 4.62. The number of rotatable bonds is 3. The van der Waals surface area contributed by atoms with Crippen LogP contribution in [-0.4, -0.2) is 10.5 Å². The van der Waals surface area contributed by atoms with Crippen LogP contribution in [0, 0.1) is 12.3 Å². The smallest absolute Gasteiger partial charge is 0.286 e. The van der Waals surface area contributed by atoms with Crippen LogP contribution in [0.25, 0.3) is 16.9 Å². The van der Waals surface area contributed by atoms with Gasteiger partial charge < -0.3 is 10.5 Å². The van der Waals surface area contributed by atoms with E-state index in [1.807, 2.05) is 70.7 Å². The highest BCUT2D eigenvalue weighted by Crippen LogP contribution is 2.21. The Balaban J connectivity index is 0.00000161. The fourth-order valence-electron chi connectivity index (χ4n) is 2.37. The Morgan fingerprint density at radius 2 is 1.90 bits per heavy atom. The van der Waals surface area contributed by atoms with Crippen LogP contribution in [0.3, 0.4) is 0 Å². The quantitative estimate of drug-likeness (QED) is 0.315. The van der Waals surface area contributed by atoms with E-state index < -0.39 is 5.90 Å². The minimum absolute atomic E-state index is 0. The zero-order chi connectivity index (χ0) is 14.1. The molecular formula is C16H16IN3O. The van der Waals surface area contributed by atoms with Crippen molar-refractivity contribution in [3.8, 4) is 11.3 Å². The Labute approximate surface area is 140 Å². The minimum Gasteiger partial charge on any atom is -0.859 e. The maximum atomic E-state index is 11.2. The number of nitrogens with one attached hydrogen (secondary N) is 1. The molecule has 0 saturated heterocycles. The Hall–Kier alpha value is -1.89. The molecule has 2 heterocycles. The van der Waals surface area contributed by atoms with Crippen LogP contribution in [0.4, 0.5) is 0 Å². The first-order valence-electron chi connectivity index (χ1n) is 6.46. The maximum Gasteiger partial charge on any atom is 0.286 e. The molecule has 3 aromatic rings. The summed E-state index contributed by atoms with van der Waals surface area (Å²) in [6, 6.07) is 14.0. The largest absolute Gasteiger partial charge is 0.859 e. The fourth-order valence-corrected chi connectivity index (χ4v) is 2.37. The van der Waals surface area contributed by atoms with Gasteiger partial charge in [0.05, 0.1) is 6.20 Å². The number of halogens is 1. The second-order valence-electron chi connectivity index (χ2n) is 4.86. The predicted molar refractivity (Wildman–Crippen MR) is 90.9 cm³/mol. The molecule has 0 aliphatic heterocycles. The van der Waals surface area contributed by atoms with Crippen LogP contribution in [0.15, 0.2) is 54.9 Å². The lowest BCUT2D eigenvalue weighted by Crippen LogP contribution is -2.24. The van der Waals surface area contributed by atoms with E-state index in [0.717, 1.165) is 16.9 Å². The first-order chi connectivity index (χ1) is 9.65. The highest BCUT2D eigenvalue weighted by atomic mass is 127. The van der Waals surface area contributed by atoms with Gasteiger partial charge >= 0.3 is 0 Å². The van der Waals surface area contributed by atoms with Crippen molar-refractivity contribution in [2.75, 3.05) is 0 Å². The first-order valence-corrected chi connectivity index (χ1v) is 6.46. The molecule has 0 fully saturated rings. The molecule has 0 unspecified atom stereocenters.